The Morgan fingerprint density at radius 2 is 1.81 bits per heavy atom. The summed E-state index contributed by atoms with van der Waals surface area (Å²) in [4.78, 5) is 25.4. The second-order valence-electron chi connectivity index (χ2n) is 6.05. The molecular weight excluding hydrogens is 360 g/mol. The fourth-order valence-corrected chi connectivity index (χ4v) is 3.10. The maximum atomic E-state index is 12.7. The Hall–Kier alpha value is -2.47. The zero-order valence-corrected chi connectivity index (χ0v) is 16.8. The highest BCUT2D eigenvalue weighted by molar-refractivity contribution is 7.98. The van der Waals surface area contributed by atoms with Crippen molar-refractivity contribution in [2.75, 3.05) is 24.4 Å². The molecule has 2 N–H and O–H groups in total. The molecule has 2 aromatic carbocycles. The number of carbonyl (C=O) groups excluding carboxylic acids is 2. The van der Waals surface area contributed by atoms with Gasteiger partial charge in [-0.15, -0.1) is 0 Å². The van der Waals surface area contributed by atoms with Crippen molar-refractivity contribution < 1.29 is 14.3 Å². The van der Waals surface area contributed by atoms with Gasteiger partial charge >= 0.3 is 0 Å². The van der Waals surface area contributed by atoms with Gasteiger partial charge in [0.15, 0.2) is 0 Å². The standard InChI is InChI=1S/C21H26N2O3S/c1-4-15-9-11-16(12-10-15)22-21(25)18(13-14-27-3)23-20(24)17-7-5-6-8-19(17)26-2/h5-12,18H,4,13-14H2,1-3H3,(H,22,25)(H,23,24). The van der Waals surface area contributed by atoms with Gasteiger partial charge in [0, 0.05) is 5.69 Å². The molecule has 27 heavy (non-hydrogen) atoms. The Bertz CT molecular complexity index is 762. The monoisotopic (exact) mass is 386 g/mol. The number of hydrogen-bond donors (Lipinski definition) is 2. The summed E-state index contributed by atoms with van der Waals surface area (Å²) in [5, 5.41) is 5.73. The molecule has 0 saturated carbocycles. The summed E-state index contributed by atoms with van der Waals surface area (Å²) >= 11 is 1.63. The Labute approximate surface area is 164 Å². The molecule has 2 rings (SSSR count). The first kappa shape index (κ1) is 20.8. The Morgan fingerprint density at radius 1 is 1.11 bits per heavy atom. The van der Waals surface area contributed by atoms with Crippen LogP contribution in [0.25, 0.3) is 0 Å². The van der Waals surface area contributed by atoms with Crippen molar-refractivity contribution in [1.82, 2.24) is 5.32 Å². The molecule has 0 fully saturated rings. The number of methoxy groups -OCH3 is 1. The van der Waals surface area contributed by atoms with Gasteiger partial charge in [-0.1, -0.05) is 31.2 Å². The number of para-hydroxylation sites is 1. The van der Waals surface area contributed by atoms with Crippen molar-refractivity contribution in [2.45, 2.75) is 25.8 Å². The van der Waals surface area contributed by atoms with E-state index >= 15 is 0 Å². The average molecular weight is 387 g/mol. The fourth-order valence-electron chi connectivity index (χ4n) is 2.63. The number of amides is 2. The Kier molecular flexibility index (Phi) is 8.20. The van der Waals surface area contributed by atoms with E-state index in [1.807, 2.05) is 30.5 Å². The highest BCUT2D eigenvalue weighted by Gasteiger charge is 2.22. The molecule has 144 valence electrons. The first-order chi connectivity index (χ1) is 13.1. The van der Waals surface area contributed by atoms with Crippen LogP contribution in [0.15, 0.2) is 48.5 Å². The number of rotatable bonds is 9. The van der Waals surface area contributed by atoms with E-state index in [9.17, 15) is 9.59 Å². The molecule has 0 saturated heterocycles. The number of nitrogens with one attached hydrogen (secondary N) is 2. The summed E-state index contributed by atoms with van der Waals surface area (Å²) in [6.45, 7) is 2.08. The van der Waals surface area contributed by atoms with Gasteiger partial charge in [-0.05, 0) is 54.7 Å². The van der Waals surface area contributed by atoms with Crippen molar-refractivity contribution >= 4 is 29.3 Å². The smallest absolute Gasteiger partial charge is 0.255 e. The molecule has 5 nitrogen and oxygen atoms in total. The van der Waals surface area contributed by atoms with E-state index in [0.29, 0.717) is 17.7 Å². The highest BCUT2D eigenvalue weighted by Crippen LogP contribution is 2.18. The number of benzene rings is 2. The zero-order chi connectivity index (χ0) is 19.6. The first-order valence-corrected chi connectivity index (χ1v) is 10.3. The second kappa shape index (κ2) is 10.6. The van der Waals surface area contributed by atoms with Gasteiger partial charge in [0.2, 0.25) is 5.91 Å². The number of thioether (sulfide) groups is 1. The molecule has 0 aliphatic heterocycles. The minimum absolute atomic E-state index is 0.225. The molecule has 0 radical (unpaired) electrons. The van der Waals surface area contributed by atoms with Gasteiger partial charge in [-0.25, -0.2) is 0 Å². The normalized spacial score (nSPS) is 11.5. The fraction of sp³-hybridized carbons (Fsp3) is 0.333. The van der Waals surface area contributed by atoms with Crippen molar-refractivity contribution in [1.29, 1.82) is 0 Å². The molecule has 0 aliphatic rings. The number of aryl methyl sites for hydroxylation is 1. The van der Waals surface area contributed by atoms with Crippen LogP contribution >= 0.6 is 11.8 Å². The largest absolute Gasteiger partial charge is 0.496 e. The minimum Gasteiger partial charge on any atom is -0.496 e. The predicted octanol–water partition coefficient (Wildman–Crippen LogP) is 3.75. The quantitative estimate of drug-likeness (QED) is 0.689. The SMILES string of the molecule is CCc1ccc(NC(=O)C(CCSC)NC(=O)c2ccccc2OC)cc1. The van der Waals surface area contributed by atoms with E-state index in [1.54, 1.807) is 36.0 Å². The van der Waals surface area contributed by atoms with Gasteiger partial charge in [0.25, 0.3) is 5.91 Å². The molecule has 0 aliphatic carbocycles. The van der Waals surface area contributed by atoms with E-state index in [0.717, 1.165) is 17.9 Å². The zero-order valence-electron chi connectivity index (χ0n) is 16.0. The molecule has 0 heterocycles. The van der Waals surface area contributed by atoms with Crippen molar-refractivity contribution in [2.24, 2.45) is 0 Å². The third-order valence-corrected chi connectivity index (χ3v) is 4.86. The van der Waals surface area contributed by atoms with Gasteiger partial charge in [-0.2, -0.15) is 11.8 Å². The first-order valence-electron chi connectivity index (χ1n) is 8.91. The topological polar surface area (TPSA) is 67.4 Å². The number of carbonyl (C=O) groups is 2. The summed E-state index contributed by atoms with van der Waals surface area (Å²) in [6, 6.07) is 14.1. The van der Waals surface area contributed by atoms with Crippen molar-refractivity contribution in [3.05, 3.63) is 59.7 Å². The van der Waals surface area contributed by atoms with Crippen LogP contribution in [0, 0.1) is 0 Å². The van der Waals surface area contributed by atoms with Crippen LogP contribution in [0.3, 0.4) is 0 Å². The number of hydrogen-bond acceptors (Lipinski definition) is 4. The lowest BCUT2D eigenvalue weighted by Gasteiger charge is -2.19. The predicted molar refractivity (Wildman–Crippen MR) is 112 cm³/mol. The molecule has 0 aromatic heterocycles. The molecule has 1 unspecified atom stereocenters. The van der Waals surface area contributed by atoms with Gasteiger partial charge < -0.3 is 15.4 Å². The second-order valence-corrected chi connectivity index (χ2v) is 7.03. The Balaban J connectivity index is 2.10. The summed E-state index contributed by atoms with van der Waals surface area (Å²) in [5.74, 6) is 0.694. The number of anilines is 1. The molecular formula is C21H26N2O3S. The lowest BCUT2D eigenvalue weighted by Crippen LogP contribution is -2.44. The molecule has 1 atom stereocenters. The molecule has 0 spiro atoms. The third-order valence-electron chi connectivity index (χ3n) is 4.21. The van der Waals surface area contributed by atoms with E-state index in [2.05, 4.69) is 17.6 Å². The van der Waals surface area contributed by atoms with Crippen LogP contribution in [-0.4, -0.2) is 37.0 Å². The summed E-state index contributed by atoms with van der Waals surface area (Å²) in [7, 11) is 1.52. The maximum absolute atomic E-state index is 12.7. The van der Waals surface area contributed by atoms with Crippen LogP contribution in [0.4, 0.5) is 5.69 Å². The van der Waals surface area contributed by atoms with Crippen molar-refractivity contribution in [3.63, 3.8) is 0 Å². The van der Waals surface area contributed by atoms with E-state index in [-0.39, 0.29) is 11.8 Å². The van der Waals surface area contributed by atoms with Crippen LogP contribution in [-0.2, 0) is 11.2 Å². The summed E-state index contributed by atoms with van der Waals surface area (Å²) in [5.41, 5.74) is 2.34. The van der Waals surface area contributed by atoms with Crippen LogP contribution in [0.2, 0.25) is 0 Å². The van der Waals surface area contributed by atoms with Crippen LogP contribution in [0.5, 0.6) is 5.75 Å². The van der Waals surface area contributed by atoms with Crippen molar-refractivity contribution in [3.8, 4) is 5.75 Å². The highest BCUT2D eigenvalue weighted by atomic mass is 32.2. The maximum Gasteiger partial charge on any atom is 0.255 e. The van der Waals surface area contributed by atoms with E-state index < -0.39 is 6.04 Å². The lowest BCUT2D eigenvalue weighted by atomic mass is 10.1. The molecule has 2 aromatic rings. The summed E-state index contributed by atoms with van der Waals surface area (Å²) < 4.78 is 5.24. The van der Waals surface area contributed by atoms with E-state index in [4.69, 9.17) is 4.74 Å². The number of ether oxygens (including phenoxy) is 1. The Morgan fingerprint density at radius 3 is 2.44 bits per heavy atom. The minimum atomic E-state index is -0.624. The van der Waals surface area contributed by atoms with E-state index in [1.165, 1.54) is 12.7 Å². The van der Waals surface area contributed by atoms with Gasteiger partial charge in [0.05, 0.1) is 12.7 Å². The molecule has 6 heteroatoms. The molecule has 0 bridgehead atoms. The molecule has 2 amide bonds. The summed E-state index contributed by atoms with van der Waals surface area (Å²) in [6.07, 6.45) is 3.46. The average Bonchev–Trinajstić information content (AvgIpc) is 2.71. The van der Waals surface area contributed by atoms with Crippen LogP contribution < -0.4 is 15.4 Å². The van der Waals surface area contributed by atoms with Gasteiger partial charge in [0.1, 0.15) is 11.8 Å². The van der Waals surface area contributed by atoms with Crippen LogP contribution in [0.1, 0.15) is 29.3 Å². The van der Waals surface area contributed by atoms with Gasteiger partial charge in [-0.3, -0.25) is 9.59 Å². The lowest BCUT2D eigenvalue weighted by molar-refractivity contribution is -0.118. The third kappa shape index (κ3) is 6.03.